The third-order valence-electron chi connectivity index (χ3n) is 3.16. The van der Waals surface area contributed by atoms with Crippen LogP contribution < -0.4 is 11.1 Å². The number of amides is 1. The number of nitrogens with zero attached hydrogens (tertiary/aromatic N) is 1. The lowest BCUT2D eigenvalue weighted by atomic mass is 10.2. The van der Waals surface area contributed by atoms with Gasteiger partial charge in [-0.1, -0.05) is 22.0 Å². The fourth-order valence-corrected chi connectivity index (χ4v) is 4.53. The molecular formula is C14H12BrN3OS2. The van der Waals surface area contributed by atoms with Crippen LogP contribution in [0.25, 0.3) is 10.1 Å². The van der Waals surface area contributed by atoms with Gasteiger partial charge in [-0.05, 0) is 19.1 Å². The maximum atomic E-state index is 12.3. The number of thiazole rings is 1. The predicted molar refractivity (Wildman–Crippen MR) is 92.0 cm³/mol. The summed E-state index contributed by atoms with van der Waals surface area (Å²) in [7, 11) is 0. The maximum absolute atomic E-state index is 12.3. The average Bonchev–Trinajstić information content (AvgIpc) is 3.01. The molecule has 3 rings (SSSR count). The number of fused-ring (bicyclic) bond motifs is 1. The summed E-state index contributed by atoms with van der Waals surface area (Å²) < 4.78 is 1.91. The summed E-state index contributed by atoms with van der Waals surface area (Å²) in [5.74, 6) is -0.145. The molecule has 108 valence electrons. The summed E-state index contributed by atoms with van der Waals surface area (Å²) in [6.45, 7) is 2.41. The Labute approximate surface area is 138 Å². The van der Waals surface area contributed by atoms with E-state index in [9.17, 15) is 4.79 Å². The first-order chi connectivity index (χ1) is 10.1. The minimum atomic E-state index is -0.145. The monoisotopic (exact) mass is 381 g/mol. The lowest BCUT2D eigenvalue weighted by Crippen LogP contribution is -2.22. The molecule has 0 unspecified atom stereocenters. The first kappa shape index (κ1) is 14.5. The molecule has 3 N–H and O–H groups in total. The number of carbonyl (C=O) groups is 1. The quantitative estimate of drug-likeness (QED) is 0.721. The highest BCUT2D eigenvalue weighted by molar-refractivity contribution is 9.10. The number of aryl methyl sites for hydroxylation is 1. The third-order valence-corrected chi connectivity index (χ3v) is 5.93. The Morgan fingerprint density at radius 3 is 2.95 bits per heavy atom. The minimum absolute atomic E-state index is 0.145. The van der Waals surface area contributed by atoms with Crippen LogP contribution in [0.3, 0.4) is 0 Å². The van der Waals surface area contributed by atoms with E-state index in [2.05, 4.69) is 26.2 Å². The van der Waals surface area contributed by atoms with Gasteiger partial charge in [-0.25, -0.2) is 4.98 Å². The Hall–Kier alpha value is -1.44. The molecule has 0 aliphatic carbocycles. The molecule has 0 radical (unpaired) electrons. The van der Waals surface area contributed by atoms with E-state index in [0.717, 1.165) is 25.1 Å². The van der Waals surface area contributed by atoms with E-state index in [1.54, 1.807) is 5.51 Å². The number of rotatable bonds is 3. The van der Waals surface area contributed by atoms with Gasteiger partial charge < -0.3 is 11.1 Å². The minimum Gasteiger partial charge on any atom is -0.397 e. The normalized spacial score (nSPS) is 11.0. The van der Waals surface area contributed by atoms with Crippen LogP contribution in [0.4, 0.5) is 5.69 Å². The number of hydrogen-bond acceptors (Lipinski definition) is 5. The number of anilines is 1. The van der Waals surface area contributed by atoms with Crippen molar-refractivity contribution in [2.75, 3.05) is 5.73 Å². The van der Waals surface area contributed by atoms with Crippen molar-refractivity contribution in [1.29, 1.82) is 0 Å². The summed E-state index contributed by atoms with van der Waals surface area (Å²) in [5, 5.41) is 3.81. The highest BCUT2D eigenvalue weighted by Crippen LogP contribution is 2.38. The molecule has 0 fully saturated rings. The second-order valence-electron chi connectivity index (χ2n) is 4.50. The second-order valence-corrected chi connectivity index (χ2v) is 7.35. The Balaban J connectivity index is 1.87. The number of aromatic nitrogens is 1. The highest BCUT2D eigenvalue weighted by atomic mass is 79.9. The van der Waals surface area contributed by atoms with Gasteiger partial charge in [-0.3, -0.25) is 4.79 Å². The Bertz CT molecular complexity index is 825. The topological polar surface area (TPSA) is 68.0 Å². The molecule has 0 aliphatic rings. The fraction of sp³-hybridized carbons (Fsp3) is 0.143. The van der Waals surface area contributed by atoms with Gasteiger partial charge in [-0.15, -0.1) is 22.7 Å². The Morgan fingerprint density at radius 2 is 2.29 bits per heavy atom. The van der Waals surface area contributed by atoms with Gasteiger partial charge in [0.25, 0.3) is 5.91 Å². The maximum Gasteiger partial charge on any atom is 0.263 e. The third kappa shape index (κ3) is 2.68. The molecule has 1 aromatic carbocycles. The van der Waals surface area contributed by atoms with Gasteiger partial charge in [0.15, 0.2) is 0 Å². The lowest BCUT2D eigenvalue weighted by molar-refractivity contribution is 0.0956. The van der Waals surface area contributed by atoms with Crippen LogP contribution in [0.1, 0.15) is 20.2 Å². The zero-order chi connectivity index (χ0) is 15.0. The molecule has 0 aliphatic heterocycles. The molecule has 0 saturated carbocycles. The summed E-state index contributed by atoms with van der Waals surface area (Å²) in [5.41, 5.74) is 9.39. The molecule has 2 heterocycles. The first-order valence-electron chi connectivity index (χ1n) is 6.21. The summed E-state index contributed by atoms with van der Waals surface area (Å²) in [4.78, 5) is 18.1. The molecular weight excluding hydrogens is 370 g/mol. The van der Waals surface area contributed by atoms with Crippen LogP contribution in [-0.4, -0.2) is 10.9 Å². The highest BCUT2D eigenvalue weighted by Gasteiger charge is 2.18. The van der Waals surface area contributed by atoms with E-state index in [0.29, 0.717) is 17.1 Å². The Kier molecular flexibility index (Phi) is 3.97. The zero-order valence-corrected chi connectivity index (χ0v) is 14.4. The van der Waals surface area contributed by atoms with E-state index in [-0.39, 0.29) is 5.91 Å². The number of thiophene rings is 1. The standard InChI is InChI=1S/C14H12BrN3OS2/c1-7-10(20-6-18-7)5-17-14(19)13-12(16)11-8(15)3-2-4-9(11)21-13/h2-4,6H,5,16H2,1H3,(H,17,19). The molecule has 3 aromatic rings. The second kappa shape index (κ2) is 5.75. The van der Waals surface area contributed by atoms with Gasteiger partial charge in [0.2, 0.25) is 0 Å². The first-order valence-corrected chi connectivity index (χ1v) is 8.70. The number of nitrogen functional groups attached to an aromatic ring is 1. The van der Waals surface area contributed by atoms with Crippen molar-refractivity contribution < 1.29 is 4.79 Å². The molecule has 0 bridgehead atoms. The largest absolute Gasteiger partial charge is 0.397 e. The van der Waals surface area contributed by atoms with Crippen molar-refractivity contribution in [3.63, 3.8) is 0 Å². The van der Waals surface area contributed by atoms with Crippen molar-refractivity contribution in [2.24, 2.45) is 0 Å². The predicted octanol–water partition coefficient (Wildman–Crippen LogP) is 3.94. The van der Waals surface area contributed by atoms with Gasteiger partial charge in [0.1, 0.15) is 4.88 Å². The van der Waals surface area contributed by atoms with Crippen molar-refractivity contribution in [3.05, 3.63) is 43.6 Å². The van der Waals surface area contributed by atoms with Gasteiger partial charge >= 0.3 is 0 Å². The summed E-state index contributed by atoms with van der Waals surface area (Å²) >= 11 is 6.42. The molecule has 1 amide bonds. The van der Waals surface area contributed by atoms with E-state index in [4.69, 9.17) is 5.73 Å². The van der Waals surface area contributed by atoms with Crippen molar-refractivity contribution in [2.45, 2.75) is 13.5 Å². The van der Waals surface area contributed by atoms with Crippen LogP contribution in [0.2, 0.25) is 0 Å². The molecule has 2 aromatic heterocycles. The van der Waals surface area contributed by atoms with Crippen LogP contribution in [-0.2, 0) is 6.54 Å². The number of hydrogen-bond donors (Lipinski definition) is 2. The average molecular weight is 382 g/mol. The van der Waals surface area contributed by atoms with Crippen LogP contribution in [0, 0.1) is 6.92 Å². The molecule has 0 saturated heterocycles. The summed E-state index contributed by atoms with van der Waals surface area (Å²) in [6, 6.07) is 5.82. The van der Waals surface area contributed by atoms with Crippen LogP contribution in [0.15, 0.2) is 28.2 Å². The SMILES string of the molecule is Cc1ncsc1CNC(=O)c1sc2cccc(Br)c2c1N. The molecule has 0 atom stereocenters. The molecule has 0 spiro atoms. The number of nitrogens with one attached hydrogen (secondary N) is 1. The zero-order valence-electron chi connectivity index (χ0n) is 11.1. The number of carbonyl (C=O) groups excluding carboxylic acids is 1. The lowest BCUT2D eigenvalue weighted by Gasteiger charge is -2.03. The van der Waals surface area contributed by atoms with Gasteiger partial charge in [-0.2, -0.15) is 0 Å². The number of benzene rings is 1. The number of halogens is 1. The van der Waals surface area contributed by atoms with Crippen molar-refractivity contribution >= 4 is 60.3 Å². The Morgan fingerprint density at radius 1 is 1.48 bits per heavy atom. The van der Waals surface area contributed by atoms with Gasteiger partial charge in [0, 0.05) is 19.4 Å². The number of nitrogens with two attached hydrogens (primary N) is 1. The van der Waals surface area contributed by atoms with E-state index in [1.165, 1.54) is 22.7 Å². The van der Waals surface area contributed by atoms with Crippen LogP contribution >= 0.6 is 38.6 Å². The smallest absolute Gasteiger partial charge is 0.263 e. The van der Waals surface area contributed by atoms with E-state index in [1.807, 2.05) is 25.1 Å². The van der Waals surface area contributed by atoms with E-state index < -0.39 is 0 Å². The van der Waals surface area contributed by atoms with Gasteiger partial charge in [0.05, 0.1) is 23.4 Å². The van der Waals surface area contributed by atoms with Crippen LogP contribution in [0.5, 0.6) is 0 Å². The van der Waals surface area contributed by atoms with E-state index >= 15 is 0 Å². The molecule has 21 heavy (non-hydrogen) atoms. The molecule has 7 heteroatoms. The summed E-state index contributed by atoms with van der Waals surface area (Å²) in [6.07, 6.45) is 0. The molecule has 4 nitrogen and oxygen atoms in total. The fourth-order valence-electron chi connectivity index (χ4n) is 2.03. The van der Waals surface area contributed by atoms with Crippen molar-refractivity contribution in [3.8, 4) is 0 Å². The van der Waals surface area contributed by atoms with Crippen molar-refractivity contribution in [1.82, 2.24) is 10.3 Å².